The van der Waals surface area contributed by atoms with Crippen molar-refractivity contribution in [1.82, 2.24) is 24.5 Å². The van der Waals surface area contributed by atoms with Crippen LogP contribution in [0.2, 0.25) is 5.02 Å². The molecule has 0 atom stereocenters. The summed E-state index contributed by atoms with van der Waals surface area (Å²) in [6.45, 7) is 10.4. The maximum absolute atomic E-state index is 14.0. The highest BCUT2D eigenvalue weighted by Gasteiger charge is 2.32. The van der Waals surface area contributed by atoms with Gasteiger partial charge in [-0.2, -0.15) is 0 Å². The van der Waals surface area contributed by atoms with Crippen molar-refractivity contribution >= 4 is 61.2 Å². The number of piperazine rings is 1. The zero-order valence-corrected chi connectivity index (χ0v) is 37.1. The van der Waals surface area contributed by atoms with Crippen LogP contribution in [0.25, 0.3) is 16.6 Å². The van der Waals surface area contributed by atoms with Crippen molar-refractivity contribution in [3.05, 3.63) is 117 Å². The number of nitro benzene ring substituents is 1. The molecule has 2 aliphatic heterocycles. The minimum atomic E-state index is -4.56. The molecule has 16 heteroatoms. The predicted molar refractivity (Wildman–Crippen MR) is 244 cm³/mol. The Morgan fingerprint density at radius 1 is 1.02 bits per heavy atom. The number of allylic oxidation sites excluding steroid dienone is 1. The lowest BCUT2D eigenvalue weighted by Gasteiger charge is -2.39. The third-order valence-corrected chi connectivity index (χ3v) is 14.2. The van der Waals surface area contributed by atoms with Crippen molar-refractivity contribution in [2.75, 3.05) is 69.7 Å². The van der Waals surface area contributed by atoms with Gasteiger partial charge in [-0.05, 0) is 117 Å². The van der Waals surface area contributed by atoms with E-state index >= 15 is 0 Å². The fourth-order valence-corrected chi connectivity index (χ4v) is 10.0. The van der Waals surface area contributed by atoms with Crippen molar-refractivity contribution in [3.63, 3.8) is 0 Å². The average Bonchev–Trinajstić information content (AvgIpc) is 3.72. The average molecular weight is 881 g/mol. The van der Waals surface area contributed by atoms with Gasteiger partial charge in [0.05, 0.1) is 21.6 Å². The molecule has 1 aliphatic carbocycles. The number of likely N-dealkylation sites (tertiary alicyclic amines) is 1. The standard InChI is InChI=1S/C46H53ClN8O6S/c1-46(2)17-13-33(40(28-46)31-5-7-34(47)8-6-31)30-53-21-23-54(24-22-53)36-9-11-39(43(26-36)61-37-25-32-14-18-48-44(32)49-29-37)45(56)50-62(59,60)38-10-12-41(42(27-38)55(57)58)52(4)35-15-19-51(3)20-16-35/h5-12,14,18,25-27,29,35H,13,15-17,19-24,28,30H2,1-4H3,(H,48,49)(H,50,56). The molecule has 1 amide bonds. The van der Waals surface area contributed by atoms with Crippen LogP contribution in [0.1, 0.15) is 61.9 Å². The number of carbonyl (C=O) groups is 1. The van der Waals surface area contributed by atoms with E-state index in [9.17, 15) is 23.3 Å². The number of H-pyrrole nitrogens is 1. The van der Waals surface area contributed by atoms with E-state index in [0.29, 0.717) is 17.1 Å². The minimum Gasteiger partial charge on any atom is -0.455 e. The number of piperidine rings is 1. The molecule has 2 fully saturated rings. The van der Waals surface area contributed by atoms with Crippen molar-refractivity contribution < 1.29 is 22.9 Å². The van der Waals surface area contributed by atoms with Crippen molar-refractivity contribution in [3.8, 4) is 11.5 Å². The van der Waals surface area contributed by atoms with E-state index < -0.39 is 25.7 Å². The van der Waals surface area contributed by atoms with Gasteiger partial charge in [0, 0.05) is 80.2 Å². The summed E-state index contributed by atoms with van der Waals surface area (Å²) in [5.41, 5.74) is 5.75. The van der Waals surface area contributed by atoms with Crippen molar-refractivity contribution in [1.29, 1.82) is 0 Å². The zero-order chi connectivity index (χ0) is 43.8. The third kappa shape index (κ3) is 9.60. The van der Waals surface area contributed by atoms with Crippen LogP contribution < -0.4 is 19.3 Å². The van der Waals surface area contributed by atoms with Crippen molar-refractivity contribution in [2.45, 2.75) is 56.9 Å². The summed E-state index contributed by atoms with van der Waals surface area (Å²) in [6.07, 6.45) is 8.13. The van der Waals surface area contributed by atoms with Gasteiger partial charge in [0.1, 0.15) is 22.8 Å². The van der Waals surface area contributed by atoms with Gasteiger partial charge in [0.2, 0.25) is 0 Å². The number of nitro groups is 1. The van der Waals surface area contributed by atoms with Gasteiger partial charge >= 0.3 is 0 Å². The molecule has 5 aromatic rings. The van der Waals surface area contributed by atoms with Gasteiger partial charge in [-0.25, -0.2) is 18.1 Å². The number of hydrogen-bond donors (Lipinski definition) is 2. The number of rotatable bonds is 12. The summed E-state index contributed by atoms with van der Waals surface area (Å²) in [5.74, 6) is -0.447. The molecule has 326 valence electrons. The molecule has 0 bridgehead atoms. The summed E-state index contributed by atoms with van der Waals surface area (Å²) < 4.78 is 36.0. The first-order valence-corrected chi connectivity index (χ1v) is 22.9. The second-order valence-corrected chi connectivity index (χ2v) is 19.7. The Morgan fingerprint density at radius 2 is 1.76 bits per heavy atom. The molecule has 62 heavy (non-hydrogen) atoms. The van der Waals surface area contributed by atoms with Crippen LogP contribution in [0.4, 0.5) is 17.1 Å². The highest BCUT2D eigenvalue weighted by molar-refractivity contribution is 7.90. The summed E-state index contributed by atoms with van der Waals surface area (Å²) in [6, 6.07) is 20.7. The number of hydrogen-bond acceptors (Lipinski definition) is 11. The number of nitrogens with zero attached hydrogens (tertiary/aromatic N) is 6. The van der Waals surface area contributed by atoms with Crippen LogP contribution in [0.3, 0.4) is 0 Å². The molecular formula is C46H53ClN8O6S. The number of sulfonamides is 1. The summed E-state index contributed by atoms with van der Waals surface area (Å²) in [5, 5.41) is 13.8. The number of halogens is 1. The SMILES string of the molecule is CN1CCC(N(C)c2ccc(S(=O)(=O)NC(=O)c3ccc(N4CCN(CC5=C(c6ccc(Cl)cc6)CC(C)(C)CC5)CC4)cc3Oc3cnc4[nH]ccc4c3)cc2[N+](=O)[O-])CC1. The largest absolute Gasteiger partial charge is 0.455 e. The number of ether oxygens (including phenoxy) is 1. The zero-order valence-electron chi connectivity index (χ0n) is 35.6. The number of aromatic amines is 1. The second-order valence-electron chi connectivity index (χ2n) is 17.5. The lowest BCUT2D eigenvalue weighted by atomic mass is 9.72. The molecule has 2 N–H and O–H groups in total. The molecule has 0 unspecified atom stereocenters. The molecule has 2 saturated heterocycles. The highest BCUT2D eigenvalue weighted by Crippen LogP contribution is 2.43. The number of fused-ring (bicyclic) bond motifs is 1. The van der Waals surface area contributed by atoms with E-state index in [1.165, 1.54) is 35.0 Å². The van der Waals surface area contributed by atoms with Gasteiger partial charge in [-0.1, -0.05) is 43.2 Å². The number of nitrogens with one attached hydrogen (secondary N) is 2. The predicted octanol–water partition coefficient (Wildman–Crippen LogP) is 8.35. The third-order valence-electron chi connectivity index (χ3n) is 12.6. The molecular weight excluding hydrogens is 828 g/mol. The number of anilines is 2. The van der Waals surface area contributed by atoms with Crippen LogP contribution in [-0.4, -0.2) is 105 Å². The molecule has 0 radical (unpaired) electrons. The maximum Gasteiger partial charge on any atom is 0.293 e. The quantitative estimate of drug-likeness (QED) is 0.0917. The Hall–Kier alpha value is -5.48. The Balaban J connectivity index is 1.02. The first kappa shape index (κ1) is 43.2. The number of carbonyl (C=O) groups excluding carboxylic acids is 1. The van der Waals surface area contributed by atoms with Crippen LogP contribution >= 0.6 is 11.6 Å². The fraction of sp³-hybridized carbons (Fsp3) is 0.391. The van der Waals surface area contributed by atoms with E-state index in [1.54, 1.807) is 37.5 Å². The molecule has 4 heterocycles. The number of benzene rings is 3. The van der Waals surface area contributed by atoms with E-state index in [2.05, 4.69) is 55.4 Å². The fourth-order valence-electron chi connectivity index (χ4n) is 8.91. The summed E-state index contributed by atoms with van der Waals surface area (Å²) in [4.78, 5) is 41.5. The smallest absolute Gasteiger partial charge is 0.293 e. The Morgan fingerprint density at radius 3 is 2.48 bits per heavy atom. The maximum atomic E-state index is 14.0. The minimum absolute atomic E-state index is 0.0277. The van der Waals surface area contributed by atoms with Gasteiger partial charge in [0.15, 0.2) is 0 Å². The lowest BCUT2D eigenvalue weighted by molar-refractivity contribution is -0.384. The molecule has 14 nitrogen and oxygen atoms in total. The highest BCUT2D eigenvalue weighted by atomic mass is 35.5. The first-order chi connectivity index (χ1) is 29.6. The van der Waals surface area contributed by atoms with Gasteiger partial charge in [0.25, 0.3) is 21.6 Å². The Bertz CT molecular complexity index is 2620. The van der Waals surface area contributed by atoms with Crippen molar-refractivity contribution in [2.24, 2.45) is 5.41 Å². The van der Waals surface area contributed by atoms with Gasteiger partial charge in [-0.15, -0.1) is 0 Å². The number of pyridine rings is 1. The van der Waals surface area contributed by atoms with Crippen LogP contribution in [0.15, 0.2) is 95.7 Å². The Labute approximate surface area is 367 Å². The molecule has 8 rings (SSSR count). The van der Waals surface area contributed by atoms with Crippen LogP contribution in [0, 0.1) is 15.5 Å². The van der Waals surface area contributed by atoms with Crippen LogP contribution in [0.5, 0.6) is 11.5 Å². The molecule has 0 spiro atoms. The molecule has 3 aromatic carbocycles. The Kier molecular flexibility index (Phi) is 12.3. The monoisotopic (exact) mass is 880 g/mol. The van der Waals surface area contributed by atoms with E-state index in [4.69, 9.17) is 16.3 Å². The van der Waals surface area contributed by atoms with Crippen LogP contribution in [-0.2, 0) is 10.0 Å². The van der Waals surface area contributed by atoms with E-state index in [0.717, 1.165) is 100 Å². The van der Waals surface area contributed by atoms with E-state index in [-0.39, 0.29) is 28.5 Å². The first-order valence-electron chi connectivity index (χ1n) is 21.1. The number of amides is 1. The molecule has 0 saturated carbocycles. The molecule has 3 aliphatic rings. The van der Waals surface area contributed by atoms with Gasteiger partial charge < -0.3 is 24.4 Å². The van der Waals surface area contributed by atoms with Gasteiger partial charge in [-0.3, -0.25) is 19.8 Å². The number of aromatic nitrogens is 2. The summed E-state index contributed by atoms with van der Waals surface area (Å²) in [7, 11) is -0.731. The lowest BCUT2D eigenvalue weighted by Crippen LogP contribution is -2.47. The van der Waals surface area contributed by atoms with E-state index in [1.807, 2.05) is 30.1 Å². The topological polar surface area (TPSA) is 157 Å². The summed E-state index contributed by atoms with van der Waals surface area (Å²) >= 11 is 6.24. The molecule has 2 aromatic heterocycles. The normalized spacial score (nSPS) is 17.9. The second kappa shape index (κ2) is 17.7.